The molecule has 0 fully saturated rings. The zero-order valence-electron chi connectivity index (χ0n) is 23.3. The molecule has 0 saturated carbocycles. The molecule has 0 radical (unpaired) electrons. The second-order valence-corrected chi connectivity index (χ2v) is 13.6. The predicted molar refractivity (Wildman–Crippen MR) is 164 cm³/mol. The van der Waals surface area contributed by atoms with E-state index in [2.05, 4.69) is 115 Å². The van der Waals surface area contributed by atoms with Gasteiger partial charge in [-0.15, -0.1) is 0 Å². The predicted octanol–water partition coefficient (Wildman–Crippen LogP) is 2.51. The SMILES string of the molecule is Cc1ccc(N/C=C(\NC(=O)c2ccccc2)[P+](c2ccccc2)(c2ccccc2)c2ccccc2)cc1.[O-][Cl+3]([O-])([O-])O. The number of rotatable bonds is 8. The molecule has 0 spiro atoms. The molecule has 0 heterocycles. The number of nitrogens with one attached hydrogen (secondary N) is 2. The van der Waals surface area contributed by atoms with Crippen molar-refractivity contribution < 1.29 is 33.7 Å². The molecule has 3 N–H and O–H groups in total. The maximum Gasteiger partial charge on any atom is 0.258 e. The van der Waals surface area contributed by atoms with Crippen LogP contribution in [0.4, 0.5) is 5.69 Å². The van der Waals surface area contributed by atoms with Crippen molar-refractivity contribution in [1.29, 1.82) is 0 Å². The fourth-order valence-corrected chi connectivity index (χ4v) is 8.73. The Morgan fingerprint density at radius 3 is 1.42 bits per heavy atom. The molecular weight excluding hydrogens is 583 g/mol. The molecule has 0 atom stereocenters. The second-order valence-electron chi connectivity index (χ2n) is 9.43. The lowest BCUT2D eigenvalue weighted by Crippen LogP contribution is -2.58. The van der Waals surface area contributed by atoms with Gasteiger partial charge in [-0.1, -0.05) is 90.5 Å². The molecule has 1 amide bonds. The van der Waals surface area contributed by atoms with Crippen LogP contribution in [0.3, 0.4) is 0 Å². The highest BCUT2D eigenvalue weighted by molar-refractivity contribution is 7.99. The number of anilines is 1. The Morgan fingerprint density at radius 1 is 0.651 bits per heavy atom. The molecule has 43 heavy (non-hydrogen) atoms. The van der Waals surface area contributed by atoms with E-state index in [-0.39, 0.29) is 5.91 Å². The molecule has 0 aromatic heterocycles. The fourth-order valence-electron chi connectivity index (χ4n) is 4.62. The summed E-state index contributed by atoms with van der Waals surface area (Å²) in [5.41, 5.74) is 3.59. The molecule has 5 aromatic carbocycles. The lowest BCUT2D eigenvalue weighted by atomic mass is 10.2. The second kappa shape index (κ2) is 14.7. The van der Waals surface area contributed by atoms with E-state index in [0.717, 1.165) is 27.0 Å². The third-order valence-corrected chi connectivity index (χ3v) is 10.7. The van der Waals surface area contributed by atoms with E-state index in [1.807, 2.05) is 54.7 Å². The van der Waals surface area contributed by atoms with Gasteiger partial charge in [0.05, 0.1) is 21.1 Å². The van der Waals surface area contributed by atoms with Crippen LogP contribution in [0.25, 0.3) is 0 Å². The van der Waals surface area contributed by atoms with Gasteiger partial charge in [0.15, 0.2) is 12.7 Å². The fraction of sp³-hybridized carbons (Fsp3) is 0.0294. The molecule has 7 nitrogen and oxygen atoms in total. The van der Waals surface area contributed by atoms with Gasteiger partial charge in [-0.2, -0.15) is 14.0 Å². The van der Waals surface area contributed by atoms with Crippen molar-refractivity contribution in [2.24, 2.45) is 0 Å². The summed E-state index contributed by atoms with van der Waals surface area (Å²) in [5, 5.41) is 10.3. The summed E-state index contributed by atoms with van der Waals surface area (Å²) in [7, 11) is -7.21. The highest BCUT2D eigenvalue weighted by Gasteiger charge is 2.50. The number of aryl methyl sites for hydroxylation is 1. The number of halogens is 1. The van der Waals surface area contributed by atoms with Crippen molar-refractivity contribution >= 4 is 34.8 Å². The van der Waals surface area contributed by atoms with Crippen molar-refractivity contribution in [3.05, 3.63) is 168 Å². The summed E-state index contributed by atoms with van der Waals surface area (Å²) in [5.74, 6) is -0.144. The van der Waals surface area contributed by atoms with Gasteiger partial charge in [-0.25, -0.2) is 0 Å². The third kappa shape index (κ3) is 8.60. The minimum absolute atomic E-state index is 0.144. The molecule has 0 unspecified atom stereocenters. The number of carbonyl (C=O) groups is 1. The Labute approximate surface area is 253 Å². The summed E-state index contributed by atoms with van der Waals surface area (Å²) in [6.45, 7) is 2.07. The van der Waals surface area contributed by atoms with Gasteiger partial charge in [-0.05, 0) is 67.6 Å². The molecule has 9 heteroatoms. The molecule has 5 aromatic rings. The molecule has 0 aliphatic carbocycles. The first-order valence-corrected chi connectivity index (χ1v) is 16.3. The Bertz CT molecular complexity index is 1510. The number of hydrogen-bond acceptors (Lipinski definition) is 6. The number of amides is 1. The van der Waals surface area contributed by atoms with Gasteiger partial charge < -0.3 is 5.32 Å². The van der Waals surface area contributed by atoms with E-state index in [1.54, 1.807) is 0 Å². The first-order chi connectivity index (χ1) is 20.7. The number of benzene rings is 5. The summed E-state index contributed by atoms with van der Waals surface area (Å²) in [4.78, 5) is 13.7. The first kappa shape index (κ1) is 31.6. The molecule has 0 bridgehead atoms. The number of hydrogen-bond donors (Lipinski definition) is 3. The highest BCUT2D eigenvalue weighted by Crippen LogP contribution is 2.61. The molecule has 0 saturated heterocycles. The molecule has 5 rings (SSSR count). The van der Waals surface area contributed by atoms with Gasteiger partial charge in [0.2, 0.25) is 0 Å². The van der Waals surface area contributed by atoms with Crippen molar-refractivity contribution in [3.8, 4) is 0 Å². The van der Waals surface area contributed by atoms with Crippen molar-refractivity contribution in [2.75, 3.05) is 5.32 Å². The average Bonchev–Trinajstić information content (AvgIpc) is 3.02. The maximum absolute atomic E-state index is 13.7. The first-order valence-electron chi connectivity index (χ1n) is 13.3. The van der Waals surface area contributed by atoms with Gasteiger partial charge in [-0.3, -0.25) is 10.1 Å². The Balaban J connectivity index is 0.000000782. The zero-order valence-corrected chi connectivity index (χ0v) is 25.0. The van der Waals surface area contributed by atoms with E-state index in [1.165, 1.54) is 5.56 Å². The smallest absolute Gasteiger partial charge is 0.258 e. The normalized spacial score (nSPS) is 11.6. The average molecular weight is 614 g/mol. The van der Waals surface area contributed by atoms with Gasteiger partial charge in [0.25, 0.3) is 5.91 Å². The van der Waals surface area contributed by atoms with Crippen LogP contribution in [0, 0.1) is 17.2 Å². The van der Waals surface area contributed by atoms with Crippen LogP contribution in [-0.4, -0.2) is 10.6 Å². The Kier molecular flexibility index (Phi) is 10.8. The highest BCUT2D eigenvalue weighted by atomic mass is 35.7. The molecule has 218 valence electrons. The van der Waals surface area contributed by atoms with Crippen molar-refractivity contribution in [3.63, 3.8) is 0 Å². The van der Waals surface area contributed by atoms with Gasteiger partial charge >= 0.3 is 0 Å². The van der Waals surface area contributed by atoms with Crippen LogP contribution in [0.5, 0.6) is 0 Å². The van der Waals surface area contributed by atoms with Crippen LogP contribution in [0.2, 0.25) is 0 Å². The van der Waals surface area contributed by atoms with E-state index >= 15 is 0 Å². The van der Waals surface area contributed by atoms with Crippen LogP contribution >= 0.6 is 7.26 Å². The monoisotopic (exact) mass is 613 g/mol. The van der Waals surface area contributed by atoms with Crippen LogP contribution in [-0.2, 0) is 0 Å². The largest absolute Gasteiger partial charge is 0.357 e. The quantitative estimate of drug-likeness (QED) is 0.231. The van der Waals surface area contributed by atoms with E-state index < -0.39 is 17.5 Å². The maximum atomic E-state index is 13.7. The summed E-state index contributed by atoms with van der Waals surface area (Å²) in [6.07, 6.45) is 1.98. The lowest BCUT2D eigenvalue weighted by molar-refractivity contribution is -1.92. The summed E-state index contributed by atoms with van der Waals surface area (Å²) in [6, 6.07) is 49.2. The van der Waals surface area contributed by atoms with E-state index in [4.69, 9.17) is 18.6 Å². The third-order valence-electron chi connectivity index (χ3n) is 6.50. The Hall–Kier alpha value is -4.33. The summed E-state index contributed by atoms with van der Waals surface area (Å²) >= 11 is 0. The molecule has 0 aliphatic rings. The standard InChI is InChI=1S/C34H29N2OP.ClHO4/c1-27-22-24-29(25-23-27)35-26-33(36-34(37)28-14-6-2-7-15-28)38(30-16-8-3-9-17-30,31-18-10-4-11-19-31)32-20-12-5-13-21-32;2-1(3,4)5/h2-26,35H,1H3;(H,2,3,4,5)/p+1/b33-26+;. The van der Waals surface area contributed by atoms with E-state index in [9.17, 15) is 4.79 Å². The Morgan fingerprint density at radius 2 is 1.02 bits per heavy atom. The zero-order chi connectivity index (χ0) is 30.7. The van der Waals surface area contributed by atoms with Crippen LogP contribution < -0.4 is 40.5 Å². The van der Waals surface area contributed by atoms with E-state index in [0.29, 0.717) is 5.56 Å². The minimum Gasteiger partial charge on any atom is -0.357 e. The van der Waals surface area contributed by atoms with Crippen molar-refractivity contribution in [1.82, 2.24) is 5.32 Å². The van der Waals surface area contributed by atoms with Gasteiger partial charge in [0, 0.05) is 11.3 Å². The molecule has 0 aliphatic heterocycles. The van der Waals surface area contributed by atoms with Crippen molar-refractivity contribution in [2.45, 2.75) is 6.92 Å². The van der Waals surface area contributed by atoms with Crippen LogP contribution in [0.1, 0.15) is 15.9 Å². The van der Waals surface area contributed by atoms with Gasteiger partial charge in [0.1, 0.15) is 15.9 Å². The number of carbonyl (C=O) groups excluding carboxylic acids is 1. The van der Waals surface area contributed by atoms with Crippen LogP contribution in [0.15, 0.2) is 157 Å². The minimum atomic E-state index is -4.69. The molecular formula is C34H31ClN2O5P+. The summed E-state index contributed by atoms with van der Waals surface area (Å²) < 4.78 is 32.7. The topological polar surface area (TPSA) is 131 Å². The lowest BCUT2D eigenvalue weighted by Gasteiger charge is -2.29.